The maximum absolute atomic E-state index is 9.57. The molecule has 0 radical (unpaired) electrons. The zero-order valence-corrected chi connectivity index (χ0v) is 11.4. The Balaban J connectivity index is 2.33. The minimum absolute atomic E-state index is 0.0763. The van der Waals surface area contributed by atoms with E-state index >= 15 is 0 Å². The van der Waals surface area contributed by atoms with Crippen LogP contribution in [0.4, 0.5) is 0 Å². The molecule has 2 heteroatoms. The highest BCUT2D eigenvalue weighted by Gasteiger charge is 2.42. The molecule has 0 bridgehead atoms. The Kier molecular flexibility index (Phi) is 3.65. The summed E-state index contributed by atoms with van der Waals surface area (Å²) in [6, 6.07) is 0. The molecule has 17 heavy (non-hydrogen) atoms. The van der Waals surface area contributed by atoms with Gasteiger partial charge in [-0.3, -0.25) is 0 Å². The normalized spacial score (nSPS) is 42.5. The highest BCUT2D eigenvalue weighted by Crippen LogP contribution is 2.52. The summed E-state index contributed by atoms with van der Waals surface area (Å²) in [4.78, 5) is 0. The van der Waals surface area contributed by atoms with Gasteiger partial charge < -0.3 is 10.2 Å². The van der Waals surface area contributed by atoms with Crippen molar-refractivity contribution >= 4 is 0 Å². The minimum Gasteiger partial charge on any atom is -0.396 e. The summed E-state index contributed by atoms with van der Waals surface area (Å²) in [5.41, 5.74) is 3.04. The molecule has 2 aliphatic carbocycles. The third-order valence-corrected chi connectivity index (χ3v) is 5.16. The van der Waals surface area contributed by atoms with Crippen molar-refractivity contribution in [3.63, 3.8) is 0 Å². The Labute approximate surface area is 105 Å². The number of aliphatic hydroxyl groups is 2. The second-order valence-corrected chi connectivity index (χ2v) is 6.60. The van der Waals surface area contributed by atoms with E-state index in [4.69, 9.17) is 0 Å². The molecule has 0 aliphatic heterocycles. The van der Waals surface area contributed by atoms with Crippen molar-refractivity contribution < 1.29 is 10.2 Å². The fourth-order valence-corrected chi connectivity index (χ4v) is 3.79. The predicted octanol–water partition coefficient (Wildman–Crippen LogP) is 2.75. The molecule has 2 rings (SSSR count). The summed E-state index contributed by atoms with van der Waals surface area (Å²) in [5, 5.41) is 19.1. The monoisotopic (exact) mass is 238 g/mol. The fraction of sp³-hybridized carbons (Fsp3) is 0.867. The molecule has 2 nitrogen and oxygen atoms in total. The second-order valence-electron chi connectivity index (χ2n) is 6.60. The van der Waals surface area contributed by atoms with Crippen molar-refractivity contribution in [3.8, 4) is 0 Å². The molecule has 0 heterocycles. The Morgan fingerprint density at radius 1 is 1.29 bits per heavy atom. The number of fused-ring (bicyclic) bond motifs is 1. The molecule has 0 unspecified atom stereocenters. The number of rotatable bonds is 2. The van der Waals surface area contributed by atoms with Gasteiger partial charge in [0.1, 0.15) is 0 Å². The van der Waals surface area contributed by atoms with E-state index in [2.05, 4.69) is 20.8 Å². The molecular weight excluding hydrogens is 212 g/mol. The lowest BCUT2D eigenvalue weighted by Crippen LogP contribution is -2.19. The molecule has 2 aliphatic rings. The Bertz CT molecular complexity index is 321. The first-order valence-corrected chi connectivity index (χ1v) is 6.92. The lowest BCUT2D eigenvalue weighted by atomic mass is 9.83. The van der Waals surface area contributed by atoms with Gasteiger partial charge in [0.15, 0.2) is 0 Å². The lowest BCUT2D eigenvalue weighted by Gasteiger charge is -2.23. The molecule has 1 fully saturated rings. The van der Waals surface area contributed by atoms with Gasteiger partial charge in [-0.1, -0.05) is 25.0 Å². The van der Waals surface area contributed by atoms with Crippen LogP contribution in [0.3, 0.4) is 0 Å². The average Bonchev–Trinajstić information content (AvgIpc) is 2.64. The summed E-state index contributed by atoms with van der Waals surface area (Å²) in [6.07, 6.45) is 4.48. The number of allylic oxidation sites excluding steroid dienone is 1. The third kappa shape index (κ3) is 2.30. The molecule has 0 spiro atoms. The summed E-state index contributed by atoms with van der Waals surface area (Å²) >= 11 is 0. The van der Waals surface area contributed by atoms with Gasteiger partial charge in [0, 0.05) is 19.1 Å². The first-order chi connectivity index (χ1) is 8.00. The summed E-state index contributed by atoms with van der Waals surface area (Å²) in [7, 11) is 0. The van der Waals surface area contributed by atoms with Crippen molar-refractivity contribution in [2.75, 3.05) is 13.2 Å². The molecular formula is C15H26O2. The molecule has 4 atom stereocenters. The van der Waals surface area contributed by atoms with Crippen LogP contribution in [0.2, 0.25) is 0 Å². The molecule has 1 saturated carbocycles. The van der Waals surface area contributed by atoms with E-state index in [-0.39, 0.29) is 18.6 Å². The highest BCUT2D eigenvalue weighted by molar-refractivity contribution is 5.26. The topological polar surface area (TPSA) is 40.5 Å². The molecule has 0 aromatic rings. The first kappa shape index (κ1) is 13.1. The van der Waals surface area contributed by atoms with Gasteiger partial charge >= 0.3 is 0 Å². The van der Waals surface area contributed by atoms with Crippen LogP contribution in [-0.4, -0.2) is 23.4 Å². The molecule has 0 aromatic carbocycles. The summed E-state index contributed by atoms with van der Waals surface area (Å²) < 4.78 is 0. The van der Waals surface area contributed by atoms with Crippen LogP contribution < -0.4 is 0 Å². The Morgan fingerprint density at radius 3 is 2.59 bits per heavy atom. The number of aliphatic hydroxyl groups excluding tert-OH is 2. The maximum Gasteiger partial charge on any atom is 0.0496 e. The van der Waals surface area contributed by atoms with Crippen molar-refractivity contribution in [1.82, 2.24) is 0 Å². The molecule has 0 amide bonds. The van der Waals surface area contributed by atoms with Crippen molar-refractivity contribution in [3.05, 3.63) is 11.1 Å². The van der Waals surface area contributed by atoms with Crippen LogP contribution in [0.15, 0.2) is 11.1 Å². The minimum atomic E-state index is 0.0763. The lowest BCUT2D eigenvalue weighted by molar-refractivity contribution is 0.138. The van der Waals surface area contributed by atoms with Gasteiger partial charge in [-0.2, -0.15) is 0 Å². The Hall–Kier alpha value is -0.340. The van der Waals surface area contributed by atoms with Gasteiger partial charge in [0.25, 0.3) is 0 Å². The van der Waals surface area contributed by atoms with Crippen LogP contribution in [0, 0.1) is 23.2 Å². The Morgan fingerprint density at radius 2 is 2.00 bits per heavy atom. The largest absolute Gasteiger partial charge is 0.396 e. The third-order valence-electron chi connectivity index (χ3n) is 5.16. The predicted molar refractivity (Wildman–Crippen MR) is 69.6 cm³/mol. The van der Waals surface area contributed by atoms with E-state index in [1.165, 1.54) is 12.0 Å². The smallest absolute Gasteiger partial charge is 0.0496 e. The zero-order valence-electron chi connectivity index (χ0n) is 11.4. The van der Waals surface area contributed by atoms with Crippen LogP contribution in [-0.2, 0) is 0 Å². The zero-order chi connectivity index (χ0) is 12.6. The average molecular weight is 238 g/mol. The van der Waals surface area contributed by atoms with Crippen LogP contribution in [0.25, 0.3) is 0 Å². The summed E-state index contributed by atoms with van der Waals surface area (Å²) in [6.45, 7) is 7.30. The number of hydrogen-bond donors (Lipinski definition) is 2. The standard InChI is InChI=1S/C15H26O2/c1-10-4-5-12(8-16)11(2)14-7-15(3,9-17)6-13(10)14/h10,12-13,16-17H,4-9H2,1-3H3/t10-,12+,13-,15-/m0/s1. The van der Waals surface area contributed by atoms with Crippen LogP contribution >= 0.6 is 0 Å². The van der Waals surface area contributed by atoms with Gasteiger partial charge in [0.2, 0.25) is 0 Å². The second kappa shape index (κ2) is 4.74. The van der Waals surface area contributed by atoms with Gasteiger partial charge in [-0.15, -0.1) is 0 Å². The van der Waals surface area contributed by atoms with Crippen LogP contribution in [0.1, 0.15) is 46.5 Å². The maximum atomic E-state index is 9.57. The van der Waals surface area contributed by atoms with Crippen molar-refractivity contribution in [2.24, 2.45) is 23.2 Å². The van der Waals surface area contributed by atoms with Gasteiger partial charge in [-0.05, 0) is 49.9 Å². The molecule has 0 saturated heterocycles. The van der Waals surface area contributed by atoms with E-state index in [0.717, 1.165) is 19.3 Å². The quantitative estimate of drug-likeness (QED) is 0.726. The van der Waals surface area contributed by atoms with Gasteiger partial charge in [0.05, 0.1) is 0 Å². The first-order valence-electron chi connectivity index (χ1n) is 6.92. The molecule has 98 valence electrons. The van der Waals surface area contributed by atoms with E-state index in [1.807, 2.05) is 0 Å². The molecule has 0 aromatic heterocycles. The summed E-state index contributed by atoms with van der Waals surface area (Å²) in [5.74, 6) is 1.70. The van der Waals surface area contributed by atoms with E-state index in [1.54, 1.807) is 5.57 Å². The molecule has 2 N–H and O–H groups in total. The van der Waals surface area contributed by atoms with E-state index in [0.29, 0.717) is 17.8 Å². The SMILES string of the molecule is CC1=C2C[C@@](C)(CO)C[C@H]2[C@@H](C)CC[C@@H]1CO. The van der Waals surface area contributed by atoms with Crippen LogP contribution in [0.5, 0.6) is 0 Å². The number of hydrogen-bond acceptors (Lipinski definition) is 2. The van der Waals surface area contributed by atoms with Crippen molar-refractivity contribution in [2.45, 2.75) is 46.5 Å². The van der Waals surface area contributed by atoms with Crippen molar-refractivity contribution in [1.29, 1.82) is 0 Å². The van der Waals surface area contributed by atoms with Gasteiger partial charge in [-0.25, -0.2) is 0 Å². The highest BCUT2D eigenvalue weighted by atomic mass is 16.3. The van der Waals surface area contributed by atoms with E-state index < -0.39 is 0 Å². The fourth-order valence-electron chi connectivity index (χ4n) is 3.79. The van der Waals surface area contributed by atoms with E-state index in [9.17, 15) is 10.2 Å².